The van der Waals surface area contributed by atoms with Gasteiger partial charge in [-0.1, -0.05) is 6.08 Å². The molecule has 1 aliphatic rings. The first-order valence-corrected chi connectivity index (χ1v) is 2.60. The molecule has 0 N–H and O–H groups in total. The van der Waals surface area contributed by atoms with Crippen molar-refractivity contribution in [2.24, 2.45) is 0 Å². The SMILES string of the molecule is C=CCN1C(=O)[N]OC1=O. The fourth-order valence-electron chi connectivity index (χ4n) is 0.536. The van der Waals surface area contributed by atoms with E-state index in [4.69, 9.17) is 0 Å². The van der Waals surface area contributed by atoms with Gasteiger partial charge in [0.15, 0.2) is 0 Å². The van der Waals surface area contributed by atoms with E-state index >= 15 is 0 Å². The van der Waals surface area contributed by atoms with Gasteiger partial charge in [-0.2, -0.15) is 0 Å². The Balaban J connectivity index is 2.62. The molecule has 1 aliphatic heterocycles. The smallest absolute Gasteiger partial charge is 0.292 e. The summed E-state index contributed by atoms with van der Waals surface area (Å²) in [6, 6.07) is -0.676. The lowest BCUT2D eigenvalue weighted by Gasteiger charge is -2.01. The molecule has 5 nitrogen and oxygen atoms in total. The highest BCUT2D eigenvalue weighted by Gasteiger charge is 2.32. The molecule has 0 saturated carbocycles. The minimum absolute atomic E-state index is 0.140. The van der Waals surface area contributed by atoms with Gasteiger partial charge in [-0.25, -0.2) is 14.5 Å². The molecule has 3 amide bonds. The van der Waals surface area contributed by atoms with Crippen molar-refractivity contribution in [1.29, 1.82) is 0 Å². The van der Waals surface area contributed by atoms with Crippen LogP contribution in [0, 0.1) is 0 Å². The lowest BCUT2D eigenvalue weighted by molar-refractivity contribution is 0.124. The monoisotopic (exact) mass is 141 g/mol. The van der Waals surface area contributed by atoms with Crippen LogP contribution in [0.4, 0.5) is 9.59 Å². The molecule has 10 heavy (non-hydrogen) atoms. The van der Waals surface area contributed by atoms with E-state index in [9.17, 15) is 9.59 Å². The summed E-state index contributed by atoms with van der Waals surface area (Å²) < 4.78 is 0. The number of rotatable bonds is 2. The summed E-state index contributed by atoms with van der Waals surface area (Å²) in [6.45, 7) is 3.49. The Morgan fingerprint density at radius 1 is 1.70 bits per heavy atom. The molecule has 0 aromatic carbocycles. The molecule has 0 atom stereocenters. The van der Waals surface area contributed by atoms with Gasteiger partial charge in [0.05, 0.1) is 6.54 Å². The second-order valence-electron chi connectivity index (χ2n) is 1.63. The van der Waals surface area contributed by atoms with Gasteiger partial charge in [-0.15, -0.1) is 6.58 Å². The van der Waals surface area contributed by atoms with Gasteiger partial charge in [0.2, 0.25) is 0 Å². The van der Waals surface area contributed by atoms with Crippen LogP contribution in [0.1, 0.15) is 0 Å². The van der Waals surface area contributed by atoms with Crippen molar-refractivity contribution in [3.05, 3.63) is 12.7 Å². The maximum Gasteiger partial charge on any atom is 0.444 e. The highest BCUT2D eigenvalue weighted by molar-refractivity contribution is 5.94. The zero-order valence-corrected chi connectivity index (χ0v) is 5.11. The standard InChI is InChI=1S/C5H5N2O3/c1-2-3-7-4(8)6-10-5(7)9/h2H,1,3H2. The van der Waals surface area contributed by atoms with Gasteiger partial charge in [-0.3, -0.25) is 4.84 Å². The van der Waals surface area contributed by atoms with Gasteiger partial charge in [0, 0.05) is 0 Å². The van der Waals surface area contributed by atoms with Crippen LogP contribution < -0.4 is 5.48 Å². The first-order chi connectivity index (χ1) is 4.75. The van der Waals surface area contributed by atoms with Crippen LogP contribution in [-0.2, 0) is 4.84 Å². The predicted molar refractivity (Wildman–Crippen MR) is 30.9 cm³/mol. The van der Waals surface area contributed by atoms with Crippen molar-refractivity contribution in [1.82, 2.24) is 10.4 Å². The Labute approximate surface area is 57.2 Å². The maximum atomic E-state index is 10.5. The largest absolute Gasteiger partial charge is 0.444 e. The van der Waals surface area contributed by atoms with Crippen molar-refractivity contribution in [3.8, 4) is 0 Å². The fourth-order valence-corrected chi connectivity index (χ4v) is 0.536. The second kappa shape index (κ2) is 2.38. The molecule has 1 fully saturated rings. The quantitative estimate of drug-likeness (QED) is 0.518. The average molecular weight is 141 g/mol. The Morgan fingerprint density at radius 2 is 2.40 bits per heavy atom. The molecule has 0 spiro atoms. The van der Waals surface area contributed by atoms with Gasteiger partial charge >= 0.3 is 12.1 Å². The average Bonchev–Trinajstić information content (AvgIpc) is 2.20. The number of urea groups is 1. The first kappa shape index (κ1) is 6.60. The van der Waals surface area contributed by atoms with E-state index in [-0.39, 0.29) is 6.54 Å². The summed E-state index contributed by atoms with van der Waals surface area (Å²) in [7, 11) is 0. The van der Waals surface area contributed by atoms with Gasteiger partial charge in [-0.05, 0) is 5.48 Å². The van der Waals surface area contributed by atoms with Crippen LogP contribution in [0.2, 0.25) is 0 Å². The number of hydroxylamine groups is 1. The van der Waals surface area contributed by atoms with Crippen LogP contribution in [-0.4, -0.2) is 23.6 Å². The van der Waals surface area contributed by atoms with Crippen molar-refractivity contribution in [2.45, 2.75) is 0 Å². The minimum Gasteiger partial charge on any atom is -0.292 e. The van der Waals surface area contributed by atoms with Crippen LogP contribution in [0.15, 0.2) is 12.7 Å². The van der Waals surface area contributed by atoms with Crippen LogP contribution in [0.5, 0.6) is 0 Å². The summed E-state index contributed by atoms with van der Waals surface area (Å²) in [5.74, 6) is 0. The Bertz CT molecular complexity index is 173. The zero-order valence-electron chi connectivity index (χ0n) is 5.11. The third kappa shape index (κ3) is 0.928. The minimum atomic E-state index is -0.745. The molecule has 53 valence electrons. The number of carbonyl (C=O) groups excluding carboxylic acids is 2. The Morgan fingerprint density at radius 3 is 2.80 bits per heavy atom. The molecule has 1 heterocycles. The van der Waals surface area contributed by atoms with E-state index in [1.165, 1.54) is 6.08 Å². The van der Waals surface area contributed by atoms with Crippen molar-refractivity contribution in [3.63, 3.8) is 0 Å². The summed E-state index contributed by atoms with van der Waals surface area (Å²) >= 11 is 0. The molecule has 0 aliphatic carbocycles. The number of nitrogens with zero attached hydrogens (tertiary/aromatic N) is 2. The summed E-state index contributed by atoms with van der Waals surface area (Å²) in [6.07, 6.45) is 0.671. The van der Waals surface area contributed by atoms with E-state index in [2.05, 4.69) is 16.9 Å². The lowest BCUT2D eigenvalue weighted by Crippen LogP contribution is -2.28. The van der Waals surface area contributed by atoms with Crippen molar-refractivity contribution >= 4 is 12.1 Å². The summed E-state index contributed by atoms with van der Waals surface area (Å²) in [4.78, 5) is 25.9. The van der Waals surface area contributed by atoms with Crippen LogP contribution in [0.25, 0.3) is 0 Å². The van der Waals surface area contributed by atoms with E-state index in [1.807, 2.05) is 0 Å². The normalized spacial score (nSPS) is 16.6. The molecule has 0 aromatic heterocycles. The van der Waals surface area contributed by atoms with Crippen molar-refractivity contribution in [2.75, 3.05) is 6.54 Å². The first-order valence-electron chi connectivity index (χ1n) is 2.60. The van der Waals surface area contributed by atoms with E-state index in [0.29, 0.717) is 0 Å². The number of hydrogen-bond acceptors (Lipinski definition) is 3. The molecule has 1 rings (SSSR count). The third-order valence-corrected chi connectivity index (χ3v) is 0.965. The zero-order chi connectivity index (χ0) is 7.56. The topological polar surface area (TPSA) is 60.7 Å². The Kier molecular flexibility index (Phi) is 1.57. The van der Waals surface area contributed by atoms with Gasteiger partial charge in [0.1, 0.15) is 0 Å². The van der Waals surface area contributed by atoms with Crippen LogP contribution >= 0.6 is 0 Å². The third-order valence-electron chi connectivity index (χ3n) is 0.965. The van der Waals surface area contributed by atoms with Crippen LogP contribution in [0.3, 0.4) is 0 Å². The van der Waals surface area contributed by atoms with Gasteiger partial charge < -0.3 is 0 Å². The Hall–Kier alpha value is -1.52. The van der Waals surface area contributed by atoms with E-state index in [1.54, 1.807) is 0 Å². The molecule has 0 bridgehead atoms. The van der Waals surface area contributed by atoms with E-state index < -0.39 is 12.1 Å². The summed E-state index contributed by atoms with van der Waals surface area (Å²) in [5.41, 5.74) is 2.91. The highest BCUT2D eigenvalue weighted by atomic mass is 16.7. The molecular weight excluding hydrogens is 136 g/mol. The molecular formula is C5H5N2O3. The number of carbonyl (C=O) groups is 2. The second-order valence-corrected chi connectivity index (χ2v) is 1.63. The molecule has 0 aromatic rings. The predicted octanol–water partition coefficient (Wildman–Crippen LogP) is 0.264. The molecule has 0 unspecified atom stereocenters. The number of imide groups is 1. The van der Waals surface area contributed by atoms with E-state index in [0.717, 1.165) is 4.90 Å². The summed E-state index contributed by atoms with van der Waals surface area (Å²) in [5, 5.41) is 0. The maximum absolute atomic E-state index is 10.5. The molecule has 1 radical (unpaired) electrons. The fraction of sp³-hybridized carbons (Fsp3) is 0.200. The lowest BCUT2D eigenvalue weighted by atomic mass is 10.5. The molecule has 1 saturated heterocycles. The number of amides is 3. The molecule has 5 heteroatoms. The van der Waals surface area contributed by atoms with Crippen molar-refractivity contribution < 1.29 is 14.4 Å². The van der Waals surface area contributed by atoms with Gasteiger partial charge in [0.25, 0.3) is 0 Å². The number of hydrogen-bond donors (Lipinski definition) is 0. The highest BCUT2D eigenvalue weighted by Crippen LogP contribution is 2.02.